The van der Waals surface area contributed by atoms with Crippen LogP contribution in [0.2, 0.25) is 0 Å². The van der Waals surface area contributed by atoms with Gasteiger partial charge >= 0.3 is 12.0 Å². The van der Waals surface area contributed by atoms with Gasteiger partial charge in [0.25, 0.3) is 0 Å². The first-order valence-corrected chi connectivity index (χ1v) is 7.08. The molecule has 1 aliphatic rings. The average Bonchev–Trinajstić information content (AvgIpc) is 2.51. The molecule has 0 fully saturated rings. The van der Waals surface area contributed by atoms with Crippen LogP contribution < -0.4 is 10.6 Å². The predicted molar refractivity (Wildman–Crippen MR) is 79.4 cm³/mol. The monoisotopic (exact) mass is 342 g/mol. The highest BCUT2D eigenvalue weighted by Crippen LogP contribution is 2.17. The van der Waals surface area contributed by atoms with Crippen molar-refractivity contribution >= 4 is 17.7 Å². The molecule has 3 atom stereocenters. The Kier molecular flexibility index (Phi) is 5.83. The van der Waals surface area contributed by atoms with Crippen molar-refractivity contribution in [3.8, 4) is 0 Å². The van der Waals surface area contributed by atoms with E-state index >= 15 is 0 Å². The number of urea groups is 1. The van der Waals surface area contributed by atoms with E-state index in [-0.39, 0.29) is 12.1 Å². The Morgan fingerprint density at radius 3 is 2.67 bits per heavy atom. The molecule has 0 saturated heterocycles. The van der Waals surface area contributed by atoms with Crippen molar-refractivity contribution in [2.75, 3.05) is 11.9 Å². The fourth-order valence-electron chi connectivity index (χ4n) is 2.21. The van der Waals surface area contributed by atoms with Crippen molar-refractivity contribution in [1.82, 2.24) is 5.32 Å². The first-order chi connectivity index (χ1) is 11.4. The van der Waals surface area contributed by atoms with E-state index in [1.165, 1.54) is 12.2 Å². The smallest absolute Gasteiger partial charge is 0.319 e. The fraction of sp³-hybridized carbons (Fsp3) is 0.333. The lowest BCUT2D eigenvalue weighted by Gasteiger charge is -2.31. The molecule has 24 heavy (non-hydrogen) atoms. The maximum absolute atomic E-state index is 13.5. The number of carboxylic acid groups (broad SMARTS) is 1. The summed E-state index contributed by atoms with van der Waals surface area (Å²) in [6.07, 6.45) is 1.08. The summed E-state index contributed by atoms with van der Waals surface area (Å²) in [6, 6.07) is 1.04. The number of ether oxygens (including phenoxy) is 1. The minimum Gasteiger partial charge on any atom is -0.481 e. The Balaban J connectivity index is 2.00. The summed E-state index contributed by atoms with van der Waals surface area (Å²) < 4.78 is 31.9. The molecule has 130 valence electrons. The third-order valence-electron chi connectivity index (χ3n) is 3.31. The van der Waals surface area contributed by atoms with Crippen molar-refractivity contribution in [2.24, 2.45) is 0 Å². The topological polar surface area (TPSA) is 108 Å². The van der Waals surface area contributed by atoms with Crippen LogP contribution in [0, 0.1) is 11.6 Å². The molecule has 1 aromatic rings. The number of carboxylic acids is 1. The number of carbonyl (C=O) groups excluding carboxylic acids is 1. The molecule has 1 aromatic carbocycles. The van der Waals surface area contributed by atoms with Crippen molar-refractivity contribution in [3.05, 3.63) is 42.0 Å². The van der Waals surface area contributed by atoms with Gasteiger partial charge < -0.3 is 25.6 Å². The largest absolute Gasteiger partial charge is 0.481 e. The number of aliphatic hydroxyl groups excluding tert-OH is 1. The molecular weight excluding hydrogens is 326 g/mol. The minimum absolute atomic E-state index is 0.277. The van der Waals surface area contributed by atoms with E-state index in [4.69, 9.17) is 9.84 Å². The molecular formula is C15H16F2N2O5. The summed E-state index contributed by atoms with van der Waals surface area (Å²) in [6.45, 7) is -0.459. The van der Waals surface area contributed by atoms with Crippen LogP contribution in [0.3, 0.4) is 0 Å². The second-order valence-electron chi connectivity index (χ2n) is 5.13. The molecule has 0 radical (unpaired) electrons. The Morgan fingerprint density at radius 2 is 2.00 bits per heavy atom. The van der Waals surface area contributed by atoms with Gasteiger partial charge in [-0.2, -0.15) is 0 Å². The summed E-state index contributed by atoms with van der Waals surface area (Å²) in [5.41, 5.74) is -0.336. The highest BCUT2D eigenvalue weighted by Gasteiger charge is 2.29. The van der Waals surface area contributed by atoms with Gasteiger partial charge in [-0.05, 0) is 12.1 Å². The van der Waals surface area contributed by atoms with Crippen LogP contribution in [0.5, 0.6) is 0 Å². The van der Waals surface area contributed by atoms with E-state index in [0.29, 0.717) is 0 Å². The Morgan fingerprint density at radius 1 is 1.25 bits per heavy atom. The Hall–Kier alpha value is -2.52. The zero-order valence-corrected chi connectivity index (χ0v) is 12.4. The molecule has 0 unspecified atom stereocenters. The number of aliphatic carboxylic acids is 1. The van der Waals surface area contributed by atoms with Crippen LogP contribution in [0.15, 0.2) is 30.4 Å². The number of hydrogen-bond acceptors (Lipinski definition) is 4. The number of aliphatic hydroxyl groups is 1. The summed E-state index contributed by atoms with van der Waals surface area (Å²) in [5.74, 6) is -2.58. The van der Waals surface area contributed by atoms with E-state index in [1.807, 2.05) is 0 Å². The maximum atomic E-state index is 13.5. The zero-order valence-electron chi connectivity index (χ0n) is 12.4. The van der Waals surface area contributed by atoms with Crippen LogP contribution in [0.25, 0.3) is 0 Å². The number of hydrogen-bond donors (Lipinski definition) is 4. The van der Waals surface area contributed by atoms with Gasteiger partial charge in [-0.3, -0.25) is 4.79 Å². The number of anilines is 1. The van der Waals surface area contributed by atoms with Crippen molar-refractivity contribution < 1.29 is 33.3 Å². The Labute approximate surface area is 135 Å². The van der Waals surface area contributed by atoms with Gasteiger partial charge in [0, 0.05) is 6.07 Å². The average molecular weight is 342 g/mol. The third kappa shape index (κ3) is 4.74. The molecule has 4 N–H and O–H groups in total. The SMILES string of the molecule is O=C(O)C[C@@H]1C=C[C@H](NC(=O)Nc2cc(F)ccc2F)[C@@H](CO)O1. The second-order valence-corrected chi connectivity index (χ2v) is 5.13. The fourth-order valence-corrected chi connectivity index (χ4v) is 2.21. The molecule has 0 aliphatic carbocycles. The van der Waals surface area contributed by atoms with Crippen molar-refractivity contribution in [3.63, 3.8) is 0 Å². The zero-order chi connectivity index (χ0) is 17.7. The van der Waals surface area contributed by atoms with Crippen LogP contribution in [-0.4, -0.2) is 47.1 Å². The van der Waals surface area contributed by atoms with Gasteiger partial charge in [0.2, 0.25) is 0 Å². The van der Waals surface area contributed by atoms with Gasteiger partial charge in [-0.25, -0.2) is 13.6 Å². The molecule has 0 saturated carbocycles. The molecule has 9 heteroatoms. The van der Waals surface area contributed by atoms with E-state index in [0.717, 1.165) is 18.2 Å². The maximum Gasteiger partial charge on any atom is 0.319 e. The lowest BCUT2D eigenvalue weighted by Crippen LogP contribution is -2.50. The van der Waals surface area contributed by atoms with E-state index in [1.54, 1.807) is 0 Å². The second kappa shape index (κ2) is 7.84. The number of nitrogens with one attached hydrogen (secondary N) is 2. The summed E-state index contributed by atoms with van der Waals surface area (Å²) >= 11 is 0. The van der Waals surface area contributed by atoms with Gasteiger partial charge in [-0.1, -0.05) is 12.2 Å². The molecule has 2 amide bonds. The molecule has 2 rings (SSSR count). The molecule has 0 bridgehead atoms. The number of halogens is 2. The van der Waals surface area contributed by atoms with Crippen LogP contribution in [0.1, 0.15) is 6.42 Å². The quantitative estimate of drug-likeness (QED) is 0.602. The van der Waals surface area contributed by atoms with Gasteiger partial charge in [-0.15, -0.1) is 0 Å². The summed E-state index contributed by atoms with van der Waals surface area (Å²) in [7, 11) is 0. The van der Waals surface area contributed by atoms with Crippen LogP contribution in [0.4, 0.5) is 19.3 Å². The lowest BCUT2D eigenvalue weighted by atomic mass is 10.1. The molecule has 0 aromatic heterocycles. The third-order valence-corrected chi connectivity index (χ3v) is 3.31. The van der Waals surface area contributed by atoms with E-state index in [2.05, 4.69) is 10.6 Å². The van der Waals surface area contributed by atoms with Gasteiger partial charge in [0.05, 0.1) is 30.9 Å². The molecule has 1 heterocycles. The highest BCUT2D eigenvalue weighted by molar-refractivity contribution is 5.89. The predicted octanol–water partition coefficient (Wildman–Crippen LogP) is 1.25. The minimum atomic E-state index is -1.06. The van der Waals surface area contributed by atoms with Gasteiger partial charge in [0.15, 0.2) is 0 Å². The van der Waals surface area contributed by atoms with E-state index in [9.17, 15) is 23.5 Å². The molecule has 0 spiro atoms. The van der Waals surface area contributed by atoms with Gasteiger partial charge in [0.1, 0.15) is 17.7 Å². The summed E-state index contributed by atoms with van der Waals surface area (Å²) in [4.78, 5) is 22.6. The molecule has 7 nitrogen and oxygen atoms in total. The summed E-state index contributed by atoms with van der Waals surface area (Å²) in [5, 5.41) is 22.6. The standard InChI is InChI=1S/C15H16F2N2O5/c16-8-1-3-10(17)12(5-8)19-15(23)18-11-4-2-9(6-14(21)22)24-13(11)7-20/h1-5,9,11,13,20H,6-7H2,(H,21,22)(H2,18,19,23)/t9-,11-,13+/m0/s1. The van der Waals surface area contributed by atoms with Crippen molar-refractivity contribution in [1.29, 1.82) is 0 Å². The number of carbonyl (C=O) groups is 2. The Bertz CT molecular complexity index is 653. The number of amides is 2. The first kappa shape index (κ1) is 17.8. The highest BCUT2D eigenvalue weighted by atomic mass is 19.1. The van der Waals surface area contributed by atoms with Crippen LogP contribution in [-0.2, 0) is 9.53 Å². The number of rotatable bonds is 5. The lowest BCUT2D eigenvalue weighted by molar-refractivity contribution is -0.141. The number of benzene rings is 1. The van der Waals surface area contributed by atoms with Crippen LogP contribution >= 0.6 is 0 Å². The van der Waals surface area contributed by atoms with Crippen molar-refractivity contribution in [2.45, 2.75) is 24.7 Å². The van der Waals surface area contributed by atoms with E-state index < -0.39 is 48.5 Å². The first-order valence-electron chi connectivity index (χ1n) is 7.08. The molecule has 1 aliphatic heterocycles. The normalized spacial score (nSPS) is 22.9.